The molecule has 6 atom stereocenters. The Balaban J connectivity index is 1.85. The Kier molecular flexibility index (Phi) is 6.38. The second-order valence-electron chi connectivity index (χ2n) is 11.0. The molecule has 4 heteroatoms. The van der Waals surface area contributed by atoms with Gasteiger partial charge in [0.1, 0.15) is 0 Å². The van der Waals surface area contributed by atoms with Gasteiger partial charge < -0.3 is 19.5 Å². The zero-order valence-corrected chi connectivity index (χ0v) is 19.3. The van der Waals surface area contributed by atoms with Crippen LogP contribution in [0.3, 0.4) is 0 Å². The maximum absolute atomic E-state index is 10.3. The van der Waals surface area contributed by atoms with E-state index in [-0.39, 0.29) is 11.7 Å². The van der Waals surface area contributed by atoms with Gasteiger partial charge in [-0.3, -0.25) is 0 Å². The molecule has 0 bridgehead atoms. The highest BCUT2D eigenvalue weighted by atomic mass is 16.5. The summed E-state index contributed by atoms with van der Waals surface area (Å²) in [7, 11) is 6.32. The first-order valence-corrected chi connectivity index (χ1v) is 11.2. The van der Waals surface area contributed by atoms with Crippen LogP contribution in [0.5, 0.6) is 0 Å². The summed E-state index contributed by atoms with van der Waals surface area (Å²) in [5.74, 6) is 1.82. The maximum atomic E-state index is 10.3. The minimum absolute atomic E-state index is 0.0259. The minimum atomic E-state index is -0.779. The summed E-state index contributed by atoms with van der Waals surface area (Å²) in [5.41, 5.74) is 0.992. The fourth-order valence-electron chi connectivity index (χ4n) is 6.50. The molecule has 0 spiro atoms. The molecule has 28 heavy (non-hydrogen) atoms. The number of ether oxygens (including phenoxy) is 2. The smallest absolute Gasteiger partial charge is 0.0895 e. The number of nitrogens with zero attached hydrogens (tertiary/aromatic N) is 1. The third-order valence-electron chi connectivity index (χ3n) is 8.35. The van der Waals surface area contributed by atoms with E-state index >= 15 is 0 Å². The number of fused-ring (bicyclic) bond motifs is 1. The topological polar surface area (TPSA) is 41.9 Å². The van der Waals surface area contributed by atoms with Crippen LogP contribution in [0.4, 0.5) is 0 Å². The van der Waals surface area contributed by atoms with Gasteiger partial charge >= 0.3 is 0 Å². The monoisotopic (exact) mass is 393 g/mol. The van der Waals surface area contributed by atoms with Gasteiger partial charge in [0.15, 0.2) is 0 Å². The number of methoxy groups -OCH3 is 1. The molecule has 0 saturated heterocycles. The van der Waals surface area contributed by atoms with Gasteiger partial charge in [0.25, 0.3) is 0 Å². The maximum Gasteiger partial charge on any atom is 0.0895 e. The largest absolute Gasteiger partial charge is 0.388 e. The molecule has 6 unspecified atom stereocenters. The van der Waals surface area contributed by atoms with Crippen LogP contribution in [0.2, 0.25) is 0 Å². The zero-order valence-electron chi connectivity index (χ0n) is 19.3. The molecular weight excluding hydrogens is 350 g/mol. The fourth-order valence-corrected chi connectivity index (χ4v) is 6.50. The third kappa shape index (κ3) is 4.21. The lowest BCUT2D eigenvalue weighted by Gasteiger charge is -2.59. The molecular formula is C24H43NO3. The van der Waals surface area contributed by atoms with E-state index in [0.717, 1.165) is 13.0 Å². The van der Waals surface area contributed by atoms with Crippen LogP contribution in [0.15, 0.2) is 11.6 Å². The van der Waals surface area contributed by atoms with Gasteiger partial charge in [-0.1, -0.05) is 19.4 Å². The van der Waals surface area contributed by atoms with Gasteiger partial charge in [0.2, 0.25) is 0 Å². The van der Waals surface area contributed by atoms with Crippen molar-refractivity contribution in [3.8, 4) is 0 Å². The molecule has 2 saturated carbocycles. The van der Waals surface area contributed by atoms with Gasteiger partial charge in [-0.2, -0.15) is 0 Å². The lowest BCUT2D eigenvalue weighted by molar-refractivity contribution is -0.164. The lowest BCUT2D eigenvalue weighted by Crippen LogP contribution is -2.57. The van der Waals surface area contributed by atoms with Gasteiger partial charge in [0.05, 0.1) is 23.9 Å². The van der Waals surface area contributed by atoms with Crippen LogP contribution in [-0.2, 0) is 9.47 Å². The molecule has 2 aliphatic carbocycles. The molecule has 1 aliphatic heterocycles. The Labute approximate surface area is 172 Å². The molecule has 3 rings (SSSR count). The molecule has 162 valence electrons. The zero-order chi connectivity index (χ0) is 20.7. The van der Waals surface area contributed by atoms with Gasteiger partial charge in [0, 0.05) is 13.7 Å². The highest BCUT2D eigenvalue weighted by Gasteiger charge is 2.56. The molecule has 0 aromatic heterocycles. The van der Waals surface area contributed by atoms with E-state index in [4.69, 9.17) is 9.47 Å². The Morgan fingerprint density at radius 2 is 1.96 bits per heavy atom. The molecule has 0 radical (unpaired) electrons. The van der Waals surface area contributed by atoms with Gasteiger partial charge in [-0.15, -0.1) is 0 Å². The van der Waals surface area contributed by atoms with E-state index in [1.165, 1.54) is 37.7 Å². The quantitative estimate of drug-likeness (QED) is 0.708. The molecule has 3 aliphatic rings. The normalized spacial score (nSPS) is 42.2. The first-order valence-electron chi connectivity index (χ1n) is 11.2. The number of hydrogen-bond donors (Lipinski definition) is 1. The Morgan fingerprint density at radius 1 is 1.25 bits per heavy atom. The van der Waals surface area contributed by atoms with E-state index in [1.54, 1.807) is 0 Å². The number of aliphatic hydroxyl groups is 1. The summed E-state index contributed by atoms with van der Waals surface area (Å²) in [6.45, 7) is 10.4. The standard InChI is InChI=1S/C24H43NO3/c1-22(2,26)21-10-9-17(16-28-21)18-13-19(15-25(5)6)23(3)11-8-12-24(4,27-7)20(23)14-18/h9,18-21,26H,8,10-16H2,1-7H3. The second-order valence-corrected chi connectivity index (χ2v) is 11.0. The van der Waals surface area contributed by atoms with Crippen molar-refractivity contribution >= 4 is 0 Å². The van der Waals surface area contributed by atoms with Crippen molar-refractivity contribution in [2.75, 3.05) is 34.4 Å². The van der Waals surface area contributed by atoms with Crippen molar-refractivity contribution in [2.24, 2.45) is 23.2 Å². The van der Waals surface area contributed by atoms with Crippen LogP contribution >= 0.6 is 0 Å². The molecule has 2 fully saturated rings. The predicted octanol–water partition coefficient (Wildman–Crippen LogP) is 4.27. The highest BCUT2D eigenvalue weighted by Crippen LogP contribution is 2.60. The highest BCUT2D eigenvalue weighted by molar-refractivity contribution is 5.17. The average Bonchev–Trinajstić information content (AvgIpc) is 2.62. The first-order chi connectivity index (χ1) is 13.0. The Bertz CT molecular complexity index is 581. The van der Waals surface area contributed by atoms with Crippen molar-refractivity contribution in [3.05, 3.63) is 11.6 Å². The molecule has 1 heterocycles. The molecule has 0 aromatic rings. The Hall–Kier alpha value is -0.420. The summed E-state index contributed by atoms with van der Waals surface area (Å²) < 4.78 is 12.3. The van der Waals surface area contributed by atoms with E-state index in [2.05, 4.69) is 38.9 Å². The van der Waals surface area contributed by atoms with Crippen molar-refractivity contribution in [3.63, 3.8) is 0 Å². The van der Waals surface area contributed by atoms with Crippen LogP contribution in [0.1, 0.15) is 66.2 Å². The van der Waals surface area contributed by atoms with E-state index < -0.39 is 5.60 Å². The van der Waals surface area contributed by atoms with Crippen molar-refractivity contribution < 1.29 is 14.6 Å². The van der Waals surface area contributed by atoms with Crippen molar-refractivity contribution in [1.82, 2.24) is 4.90 Å². The van der Waals surface area contributed by atoms with E-state index in [1.807, 2.05) is 21.0 Å². The summed E-state index contributed by atoms with van der Waals surface area (Å²) in [6, 6.07) is 0. The first kappa shape index (κ1) is 22.3. The molecule has 1 N–H and O–H groups in total. The fraction of sp³-hybridized carbons (Fsp3) is 0.917. The van der Waals surface area contributed by atoms with Crippen molar-refractivity contribution in [2.45, 2.75) is 83.5 Å². The SMILES string of the molecule is COC1(C)CCCC2(C)C(CN(C)C)CC(C3=CCC(C(C)(C)O)OC3)CC12. The van der Waals surface area contributed by atoms with Crippen LogP contribution in [0, 0.1) is 23.2 Å². The Morgan fingerprint density at radius 3 is 2.50 bits per heavy atom. The summed E-state index contributed by atoms with van der Waals surface area (Å²) in [6.07, 6.45) is 9.29. The van der Waals surface area contributed by atoms with Crippen molar-refractivity contribution in [1.29, 1.82) is 0 Å². The van der Waals surface area contributed by atoms with Crippen LogP contribution < -0.4 is 0 Å². The summed E-state index contributed by atoms with van der Waals surface area (Å²) in [5, 5.41) is 10.3. The summed E-state index contributed by atoms with van der Waals surface area (Å²) in [4.78, 5) is 2.37. The van der Waals surface area contributed by atoms with E-state index in [0.29, 0.717) is 29.8 Å². The van der Waals surface area contributed by atoms with Gasteiger partial charge in [-0.25, -0.2) is 0 Å². The molecule has 4 nitrogen and oxygen atoms in total. The average molecular weight is 394 g/mol. The molecule has 0 aromatic carbocycles. The summed E-state index contributed by atoms with van der Waals surface area (Å²) >= 11 is 0. The predicted molar refractivity (Wildman–Crippen MR) is 114 cm³/mol. The van der Waals surface area contributed by atoms with Gasteiger partial charge in [-0.05, 0) is 95.7 Å². The van der Waals surface area contributed by atoms with Crippen LogP contribution in [-0.4, -0.2) is 61.7 Å². The number of rotatable bonds is 5. The lowest BCUT2D eigenvalue weighted by atomic mass is 9.49. The number of hydrogen-bond acceptors (Lipinski definition) is 4. The third-order valence-corrected chi connectivity index (χ3v) is 8.35. The van der Waals surface area contributed by atoms with E-state index in [9.17, 15) is 5.11 Å². The minimum Gasteiger partial charge on any atom is -0.388 e. The molecule has 0 amide bonds. The van der Waals surface area contributed by atoms with Crippen LogP contribution in [0.25, 0.3) is 0 Å². The second kappa shape index (κ2) is 8.02.